The zero-order chi connectivity index (χ0) is 18.4. The minimum absolute atomic E-state index is 0.00745. The molecule has 140 valence electrons. The summed E-state index contributed by atoms with van der Waals surface area (Å²) in [6.07, 6.45) is 6.81. The van der Waals surface area contributed by atoms with Crippen molar-refractivity contribution in [2.45, 2.75) is 72.6 Å². The molecule has 0 spiro atoms. The van der Waals surface area contributed by atoms with Gasteiger partial charge in [-0.2, -0.15) is 0 Å². The molecule has 4 nitrogen and oxygen atoms in total. The van der Waals surface area contributed by atoms with Crippen LogP contribution in [0.4, 0.5) is 5.00 Å². The molecule has 1 aliphatic carbocycles. The van der Waals surface area contributed by atoms with Crippen LogP contribution in [0.25, 0.3) is 0 Å². The number of esters is 1. The maximum atomic E-state index is 12.7. The topological polar surface area (TPSA) is 55.4 Å². The summed E-state index contributed by atoms with van der Waals surface area (Å²) in [6.45, 7) is 8.59. The number of hydrogen-bond donors (Lipinski definition) is 1. The molecule has 0 radical (unpaired) electrons. The molecule has 1 aromatic heterocycles. The molecule has 2 atom stereocenters. The van der Waals surface area contributed by atoms with E-state index in [4.69, 9.17) is 4.74 Å². The highest BCUT2D eigenvalue weighted by molar-refractivity contribution is 7.17. The lowest BCUT2D eigenvalue weighted by Gasteiger charge is -2.18. The lowest BCUT2D eigenvalue weighted by molar-refractivity contribution is -0.120. The molecule has 25 heavy (non-hydrogen) atoms. The number of carbonyl (C=O) groups excluding carboxylic acids is 2. The molecule has 1 amide bonds. The maximum absolute atomic E-state index is 12.7. The van der Waals surface area contributed by atoms with E-state index in [0.717, 1.165) is 50.5 Å². The number of anilines is 1. The SMILES string of the molecule is CCCC[C@H](CC)C(=O)Nc1sc2c(c1C(=O)OCC)CC[C@H](C)C2. The molecule has 0 saturated heterocycles. The summed E-state index contributed by atoms with van der Waals surface area (Å²) in [4.78, 5) is 26.4. The fourth-order valence-electron chi connectivity index (χ4n) is 3.44. The normalized spacial score (nSPS) is 17.7. The van der Waals surface area contributed by atoms with Crippen LogP contribution in [0.5, 0.6) is 0 Å². The average molecular weight is 366 g/mol. The molecular formula is C20H31NO3S. The van der Waals surface area contributed by atoms with E-state index in [1.807, 2.05) is 13.8 Å². The van der Waals surface area contributed by atoms with Gasteiger partial charge in [-0.05, 0) is 50.5 Å². The molecule has 0 aromatic carbocycles. The van der Waals surface area contributed by atoms with Gasteiger partial charge >= 0.3 is 5.97 Å². The van der Waals surface area contributed by atoms with Crippen LogP contribution in [0.15, 0.2) is 0 Å². The fourth-order valence-corrected chi connectivity index (χ4v) is 4.84. The van der Waals surface area contributed by atoms with Crippen molar-refractivity contribution in [1.29, 1.82) is 0 Å². The molecule has 0 aliphatic heterocycles. The Bertz CT molecular complexity index is 608. The summed E-state index contributed by atoms with van der Waals surface area (Å²) in [5.74, 6) is 0.366. The van der Waals surface area contributed by atoms with Crippen molar-refractivity contribution < 1.29 is 14.3 Å². The van der Waals surface area contributed by atoms with Crippen LogP contribution in [0, 0.1) is 11.8 Å². The Balaban J connectivity index is 2.26. The Hall–Kier alpha value is -1.36. The summed E-state index contributed by atoms with van der Waals surface area (Å²) in [7, 11) is 0. The van der Waals surface area contributed by atoms with E-state index in [2.05, 4.69) is 19.2 Å². The number of hydrogen-bond acceptors (Lipinski definition) is 4. The van der Waals surface area contributed by atoms with Gasteiger partial charge in [0.25, 0.3) is 0 Å². The van der Waals surface area contributed by atoms with E-state index < -0.39 is 0 Å². The number of carbonyl (C=O) groups is 2. The fraction of sp³-hybridized carbons (Fsp3) is 0.700. The number of thiophene rings is 1. The van der Waals surface area contributed by atoms with E-state index in [0.29, 0.717) is 23.1 Å². The van der Waals surface area contributed by atoms with E-state index in [9.17, 15) is 9.59 Å². The van der Waals surface area contributed by atoms with Gasteiger partial charge in [0, 0.05) is 10.8 Å². The lowest BCUT2D eigenvalue weighted by atomic mass is 9.88. The first-order valence-electron chi connectivity index (χ1n) is 9.64. The number of rotatable bonds is 8. The van der Waals surface area contributed by atoms with Crippen LogP contribution >= 0.6 is 11.3 Å². The number of ether oxygens (including phenoxy) is 1. The number of amides is 1. The summed E-state index contributed by atoms with van der Waals surface area (Å²) in [6, 6.07) is 0. The van der Waals surface area contributed by atoms with Crippen LogP contribution in [-0.2, 0) is 22.4 Å². The average Bonchev–Trinajstić information content (AvgIpc) is 2.92. The van der Waals surface area contributed by atoms with Gasteiger partial charge in [0.15, 0.2) is 0 Å². The van der Waals surface area contributed by atoms with Crippen molar-refractivity contribution in [3.8, 4) is 0 Å². The quantitative estimate of drug-likeness (QED) is 0.644. The van der Waals surface area contributed by atoms with Crippen molar-refractivity contribution in [2.24, 2.45) is 11.8 Å². The minimum atomic E-state index is -0.300. The highest BCUT2D eigenvalue weighted by Gasteiger charge is 2.30. The highest BCUT2D eigenvalue weighted by Crippen LogP contribution is 2.40. The molecule has 1 aliphatic rings. The number of fused-ring (bicyclic) bond motifs is 1. The molecule has 2 rings (SSSR count). The van der Waals surface area contributed by atoms with Crippen molar-refractivity contribution >= 4 is 28.2 Å². The Labute approximate surface area is 155 Å². The van der Waals surface area contributed by atoms with Crippen molar-refractivity contribution in [3.63, 3.8) is 0 Å². The second-order valence-electron chi connectivity index (χ2n) is 7.01. The largest absolute Gasteiger partial charge is 0.462 e. The van der Waals surface area contributed by atoms with Crippen molar-refractivity contribution in [1.82, 2.24) is 0 Å². The summed E-state index contributed by atoms with van der Waals surface area (Å²) in [5.41, 5.74) is 1.70. The smallest absolute Gasteiger partial charge is 0.341 e. The Morgan fingerprint density at radius 3 is 2.72 bits per heavy atom. The van der Waals surface area contributed by atoms with Gasteiger partial charge in [-0.15, -0.1) is 11.3 Å². The third-order valence-electron chi connectivity index (χ3n) is 5.00. The number of nitrogens with one attached hydrogen (secondary N) is 1. The van der Waals surface area contributed by atoms with Gasteiger partial charge in [0.2, 0.25) is 5.91 Å². The summed E-state index contributed by atoms with van der Waals surface area (Å²) < 4.78 is 5.27. The van der Waals surface area contributed by atoms with Gasteiger partial charge in [0.05, 0.1) is 12.2 Å². The van der Waals surface area contributed by atoms with Gasteiger partial charge in [-0.25, -0.2) is 4.79 Å². The molecular weight excluding hydrogens is 334 g/mol. The predicted octanol–water partition coefficient (Wildman–Crippen LogP) is 5.20. The lowest BCUT2D eigenvalue weighted by Crippen LogP contribution is -2.23. The highest BCUT2D eigenvalue weighted by atomic mass is 32.1. The van der Waals surface area contributed by atoms with E-state index >= 15 is 0 Å². The van der Waals surface area contributed by atoms with Crippen LogP contribution in [0.2, 0.25) is 0 Å². The molecule has 1 N–H and O–H groups in total. The monoisotopic (exact) mass is 365 g/mol. The van der Waals surface area contributed by atoms with Crippen LogP contribution in [-0.4, -0.2) is 18.5 Å². The zero-order valence-electron chi connectivity index (χ0n) is 15.9. The Morgan fingerprint density at radius 1 is 1.32 bits per heavy atom. The zero-order valence-corrected chi connectivity index (χ0v) is 16.8. The van der Waals surface area contributed by atoms with Crippen LogP contribution in [0.3, 0.4) is 0 Å². The van der Waals surface area contributed by atoms with Gasteiger partial charge < -0.3 is 10.1 Å². The van der Waals surface area contributed by atoms with Crippen LogP contribution in [0.1, 0.15) is 80.6 Å². The van der Waals surface area contributed by atoms with Gasteiger partial charge in [-0.1, -0.05) is 33.6 Å². The molecule has 1 aromatic rings. The minimum Gasteiger partial charge on any atom is -0.462 e. The van der Waals surface area contributed by atoms with Gasteiger partial charge in [0.1, 0.15) is 5.00 Å². The van der Waals surface area contributed by atoms with E-state index in [1.165, 1.54) is 4.88 Å². The summed E-state index contributed by atoms with van der Waals surface area (Å²) in [5, 5.41) is 3.75. The van der Waals surface area contributed by atoms with Crippen molar-refractivity contribution in [3.05, 3.63) is 16.0 Å². The molecule has 1 heterocycles. The molecule has 0 unspecified atom stereocenters. The first-order chi connectivity index (χ1) is 12.0. The van der Waals surface area contributed by atoms with Crippen molar-refractivity contribution in [2.75, 3.05) is 11.9 Å². The third-order valence-corrected chi connectivity index (χ3v) is 6.17. The second-order valence-corrected chi connectivity index (χ2v) is 8.12. The van der Waals surface area contributed by atoms with Gasteiger partial charge in [-0.3, -0.25) is 4.79 Å². The van der Waals surface area contributed by atoms with E-state index in [1.54, 1.807) is 11.3 Å². The maximum Gasteiger partial charge on any atom is 0.341 e. The van der Waals surface area contributed by atoms with E-state index in [-0.39, 0.29) is 17.8 Å². The first kappa shape index (κ1) is 20.0. The molecule has 5 heteroatoms. The molecule has 0 saturated carbocycles. The standard InChI is InChI=1S/C20H31NO3S/c1-5-8-9-14(6-2)18(22)21-19-17(20(23)24-7-3)15-11-10-13(4)12-16(15)25-19/h13-14H,5-12H2,1-4H3,(H,21,22)/t13-,14-/m0/s1. The second kappa shape index (κ2) is 9.37. The summed E-state index contributed by atoms with van der Waals surface area (Å²) >= 11 is 1.57. The Morgan fingerprint density at radius 2 is 2.08 bits per heavy atom. The first-order valence-corrected chi connectivity index (χ1v) is 10.5. The molecule has 0 bridgehead atoms. The third kappa shape index (κ3) is 4.84. The molecule has 0 fully saturated rings. The number of unbranched alkanes of at least 4 members (excludes halogenated alkanes) is 1. The van der Waals surface area contributed by atoms with Crippen LogP contribution < -0.4 is 5.32 Å². The Kier molecular flexibility index (Phi) is 7.48. The predicted molar refractivity (Wildman–Crippen MR) is 103 cm³/mol.